The lowest BCUT2D eigenvalue weighted by atomic mass is 9.76. The van der Waals surface area contributed by atoms with Crippen molar-refractivity contribution in [1.82, 2.24) is 0 Å². The largest absolute Gasteiger partial charge is 0.507 e. The van der Waals surface area contributed by atoms with Gasteiger partial charge in [0.05, 0.1) is 10.6 Å². The Hall–Kier alpha value is -1.26. The molecule has 1 heterocycles. The topological polar surface area (TPSA) is 23.5 Å². The van der Waals surface area contributed by atoms with E-state index in [1.54, 1.807) is 11.8 Å². The Balaban J connectivity index is 2.16. The van der Waals surface area contributed by atoms with E-state index >= 15 is 0 Å². The standard InChI is InChI=1S/C21H27NOS2/c1-5-21(15(2)3)13-22(16-9-7-6-8-10-16)17-11-20(24-4)18(23)12-19(17)25-14-21/h6-12,15,23H,5,13-14H2,1-4H3. The third-order valence-corrected chi connectivity index (χ3v) is 7.66. The minimum Gasteiger partial charge on any atom is -0.507 e. The molecule has 25 heavy (non-hydrogen) atoms. The van der Waals surface area contributed by atoms with Crippen molar-refractivity contribution < 1.29 is 5.11 Å². The molecule has 1 aliphatic rings. The van der Waals surface area contributed by atoms with Gasteiger partial charge in [-0.25, -0.2) is 0 Å². The third kappa shape index (κ3) is 3.52. The zero-order chi connectivity index (χ0) is 18.0. The van der Waals surface area contributed by atoms with Gasteiger partial charge in [0.1, 0.15) is 5.75 Å². The smallest absolute Gasteiger partial charge is 0.130 e. The molecule has 4 heteroatoms. The third-order valence-electron chi connectivity index (χ3n) is 5.54. The molecule has 1 aliphatic heterocycles. The van der Waals surface area contributed by atoms with E-state index in [4.69, 9.17) is 0 Å². The number of phenols is 1. The van der Waals surface area contributed by atoms with Crippen LogP contribution in [0.1, 0.15) is 27.2 Å². The average Bonchev–Trinajstić information content (AvgIpc) is 2.79. The average molecular weight is 374 g/mol. The van der Waals surface area contributed by atoms with Crippen LogP contribution in [0.15, 0.2) is 52.3 Å². The highest BCUT2D eigenvalue weighted by molar-refractivity contribution is 7.99. The minimum absolute atomic E-state index is 0.245. The van der Waals surface area contributed by atoms with Crippen LogP contribution < -0.4 is 4.90 Å². The minimum atomic E-state index is 0.245. The van der Waals surface area contributed by atoms with Crippen molar-refractivity contribution in [3.8, 4) is 5.75 Å². The molecular formula is C21H27NOS2. The molecule has 1 atom stereocenters. The Labute approximate surface area is 160 Å². The van der Waals surface area contributed by atoms with Crippen molar-refractivity contribution in [2.24, 2.45) is 11.3 Å². The van der Waals surface area contributed by atoms with Gasteiger partial charge in [-0.3, -0.25) is 0 Å². The van der Waals surface area contributed by atoms with E-state index in [0.29, 0.717) is 11.7 Å². The van der Waals surface area contributed by atoms with Crippen LogP contribution in [0.4, 0.5) is 11.4 Å². The zero-order valence-electron chi connectivity index (χ0n) is 15.5. The van der Waals surface area contributed by atoms with Gasteiger partial charge in [-0.1, -0.05) is 39.0 Å². The first-order valence-corrected chi connectivity index (χ1v) is 11.1. The van der Waals surface area contributed by atoms with E-state index in [1.165, 1.54) is 16.3 Å². The van der Waals surface area contributed by atoms with Crippen molar-refractivity contribution in [1.29, 1.82) is 0 Å². The maximum atomic E-state index is 10.4. The van der Waals surface area contributed by atoms with Gasteiger partial charge in [0.15, 0.2) is 0 Å². The Kier molecular flexibility index (Phi) is 5.59. The van der Waals surface area contributed by atoms with Gasteiger partial charge in [-0.05, 0) is 48.3 Å². The normalized spacial score (nSPS) is 20.4. The fraction of sp³-hybridized carbons (Fsp3) is 0.429. The van der Waals surface area contributed by atoms with Crippen LogP contribution in [0.25, 0.3) is 0 Å². The predicted octanol–water partition coefficient (Wildman–Crippen LogP) is 6.41. The van der Waals surface area contributed by atoms with Crippen LogP contribution in [0.2, 0.25) is 0 Å². The number of benzene rings is 2. The fourth-order valence-corrected chi connectivity index (χ4v) is 5.59. The monoisotopic (exact) mass is 373 g/mol. The van der Waals surface area contributed by atoms with Crippen molar-refractivity contribution in [3.05, 3.63) is 42.5 Å². The molecule has 1 unspecified atom stereocenters. The summed E-state index contributed by atoms with van der Waals surface area (Å²) in [5.41, 5.74) is 2.69. The first kappa shape index (κ1) is 18.5. The molecule has 2 aromatic rings. The molecule has 0 aromatic heterocycles. The number of rotatable bonds is 4. The molecule has 0 bridgehead atoms. The summed E-state index contributed by atoms with van der Waals surface area (Å²) in [6.45, 7) is 8.00. The summed E-state index contributed by atoms with van der Waals surface area (Å²) >= 11 is 3.49. The van der Waals surface area contributed by atoms with Crippen molar-refractivity contribution >= 4 is 34.9 Å². The lowest BCUT2D eigenvalue weighted by Gasteiger charge is -2.39. The Bertz CT molecular complexity index is 732. The van der Waals surface area contributed by atoms with E-state index in [2.05, 4.69) is 62.1 Å². The van der Waals surface area contributed by atoms with Crippen LogP contribution in [0.3, 0.4) is 0 Å². The van der Waals surface area contributed by atoms with Gasteiger partial charge >= 0.3 is 0 Å². The number of nitrogens with zero attached hydrogens (tertiary/aromatic N) is 1. The van der Waals surface area contributed by atoms with Crippen LogP contribution in [-0.4, -0.2) is 23.7 Å². The first-order valence-electron chi connectivity index (χ1n) is 8.87. The lowest BCUT2D eigenvalue weighted by Crippen LogP contribution is -2.39. The molecule has 0 saturated carbocycles. The second kappa shape index (κ2) is 7.55. The van der Waals surface area contributed by atoms with Crippen molar-refractivity contribution in [3.63, 3.8) is 0 Å². The number of fused-ring (bicyclic) bond motifs is 1. The fourth-order valence-electron chi connectivity index (χ4n) is 3.51. The molecule has 0 amide bonds. The molecular weight excluding hydrogens is 346 g/mol. The number of phenolic OH excluding ortho intramolecular Hbond substituents is 1. The highest BCUT2D eigenvalue weighted by Gasteiger charge is 2.38. The van der Waals surface area contributed by atoms with Gasteiger partial charge in [0.2, 0.25) is 0 Å². The second-order valence-electron chi connectivity index (χ2n) is 7.07. The second-order valence-corrected chi connectivity index (χ2v) is 8.94. The van der Waals surface area contributed by atoms with E-state index in [0.717, 1.165) is 23.6 Å². The Morgan fingerprint density at radius 1 is 1.24 bits per heavy atom. The van der Waals surface area contributed by atoms with Crippen molar-refractivity contribution in [2.45, 2.75) is 37.0 Å². The first-order chi connectivity index (χ1) is 12.0. The van der Waals surface area contributed by atoms with Crippen molar-refractivity contribution in [2.75, 3.05) is 23.5 Å². The zero-order valence-corrected chi connectivity index (χ0v) is 17.1. The van der Waals surface area contributed by atoms with Gasteiger partial charge in [-0.15, -0.1) is 23.5 Å². The molecule has 0 spiro atoms. The van der Waals surface area contributed by atoms with Gasteiger partial charge in [0, 0.05) is 22.9 Å². The van der Waals surface area contributed by atoms with Crippen LogP contribution in [-0.2, 0) is 0 Å². The van der Waals surface area contributed by atoms with Crippen LogP contribution in [0.5, 0.6) is 5.75 Å². The summed E-state index contributed by atoms with van der Waals surface area (Å²) in [5.74, 6) is 2.06. The number of thioether (sulfide) groups is 2. The molecule has 2 nitrogen and oxygen atoms in total. The highest BCUT2D eigenvalue weighted by atomic mass is 32.2. The van der Waals surface area contributed by atoms with E-state index < -0.39 is 0 Å². The predicted molar refractivity (Wildman–Crippen MR) is 112 cm³/mol. The number of hydrogen-bond donors (Lipinski definition) is 1. The lowest BCUT2D eigenvalue weighted by molar-refractivity contribution is 0.227. The number of para-hydroxylation sites is 1. The summed E-state index contributed by atoms with van der Waals surface area (Å²) in [4.78, 5) is 4.57. The summed E-state index contributed by atoms with van der Waals surface area (Å²) in [7, 11) is 0. The Morgan fingerprint density at radius 3 is 2.56 bits per heavy atom. The summed E-state index contributed by atoms with van der Waals surface area (Å²) in [5, 5.41) is 10.4. The van der Waals surface area contributed by atoms with Gasteiger partial charge in [0.25, 0.3) is 0 Å². The summed E-state index contributed by atoms with van der Waals surface area (Å²) < 4.78 is 0. The summed E-state index contributed by atoms with van der Waals surface area (Å²) in [6, 6.07) is 14.8. The molecule has 0 fully saturated rings. The highest BCUT2D eigenvalue weighted by Crippen LogP contribution is 2.49. The number of hydrogen-bond acceptors (Lipinski definition) is 4. The van der Waals surface area contributed by atoms with E-state index in [1.807, 2.05) is 24.1 Å². The van der Waals surface area contributed by atoms with Gasteiger partial charge < -0.3 is 10.0 Å². The maximum Gasteiger partial charge on any atom is 0.130 e. The number of aromatic hydroxyl groups is 1. The van der Waals surface area contributed by atoms with E-state index in [9.17, 15) is 5.11 Å². The van der Waals surface area contributed by atoms with E-state index in [-0.39, 0.29) is 5.41 Å². The van der Waals surface area contributed by atoms with Crippen LogP contribution >= 0.6 is 23.5 Å². The van der Waals surface area contributed by atoms with Crippen LogP contribution in [0, 0.1) is 11.3 Å². The molecule has 0 radical (unpaired) electrons. The number of anilines is 2. The maximum absolute atomic E-state index is 10.4. The molecule has 3 rings (SSSR count). The molecule has 2 aromatic carbocycles. The van der Waals surface area contributed by atoms with Gasteiger partial charge in [-0.2, -0.15) is 0 Å². The molecule has 134 valence electrons. The Morgan fingerprint density at radius 2 is 1.96 bits per heavy atom. The molecule has 0 saturated heterocycles. The molecule has 1 N–H and O–H groups in total. The summed E-state index contributed by atoms with van der Waals surface area (Å²) in [6.07, 6.45) is 3.17. The quantitative estimate of drug-likeness (QED) is 0.626. The molecule has 0 aliphatic carbocycles. The SMILES string of the molecule is CCC1(C(C)C)CSc2cc(O)c(SC)cc2N(c2ccccc2)C1.